The minimum absolute atomic E-state index is 0.156. The van der Waals surface area contributed by atoms with E-state index in [0.29, 0.717) is 5.69 Å². The molecule has 1 aliphatic rings. The van der Waals surface area contributed by atoms with Gasteiger partial charge in [0, 0.05) is 19.2 Å². The molecule has 1 aromatic rings. The molecular weight excluding hydrogens is 377 g/mol. The first kappa shape index (κ1) is 20.9. The molecule has 1 aliphatic heterocycles. The quantitative estimate of drug-likeness (QED) is 0.774. The van der Waals surface area contributed by atoms with E-state index in [1.807, 2.05) is 0 Å². The molecule has 1 N–H and O–H groups in total. The summed E-state index contributed by atoms with van der Waals surface area (Å²) >= 11 is 5.76. The maximum Gasteiger partial charge on any atom is 0.411 e. The molecular formula is C18H21ClFN3O4. The molecule has 0 spiro atoms. The maximum absolute atomic E-state index is 13.4. The largest absolute Gasteiger partial charge is 0.444 e. The zero-order valence-electron chi connectivity index (χ0n) is 15.5. The summed E-state index contributed by atoms with van der Waals surface area (Å²) in [7, 11) is 1.43. The van der Waals surface area contributed by atoms with Crippen molar-refractivity contribution < 1.29 is 23.8 Å². The number of hydrogen-bond donors (Lipinski definition) is 1. The van der Waals surface area contributed by atoms with Crippen LogP contribution in [0.5, 0.6) is 0 Å². The first-order chi connectivity index (χ1) is 12.4. The van der Waals surface area contributed by atoms with Gasteiger partial charge in [0.25, 0.3) is 0 Å². The molecule has 9 heteroatoms. The summed E-state index contributed by atoms with van der Waals surface area (Å²) in [6.07, 6.45) is -1.07. The van der Waals surface area contributed by atoms with Crippen LogP contribution in [0, 0.1) is 17.1 Å². The van der Waals surface area contributed by atoms with Gasteiger partial charge in [-0.3, -0.25) is 9.69 Å². The summed E-state index contributed by atoms with van der Waals surface area (Å²) in [4.78, 5) is 27.7. The Morgan fingerprint density at radius 1 is 1.48 bits per heavy atom. The van der Waals surface area contributed by atoms with Gasteiger partial charge in [0.05, 0.1) is 17.6 Å². The molecule has 1 heterocycles. The molecule has 7 nitrogen and oxygen atoms in total. The number of likely N-dealkylation sites (tertiary alicyclic amines) is 1. The van der Waals surface area contributed by atoms with Crippen LogP contribution in [-0.4, -0.2) is 52.8 Å². The molecule has 2 rings (SSSR count). The van der Waals surface area contributed by atoms with Crippen LogP contribution in [0.4, 0.5) is 14.9 Å². The fourth-order valence-electron chi connectivity index (χ4n) is 2.75. The van der Waals surface area contributed by atoms with Crippen LogP contribution in [0.25, 0.3) is 0 Å². The van der Waals surface area contributed by atoms with Crippen molar-refractivity contribution in [2.75, 3.05) is 18.5 Å². The summed E-state index contributed by atoms with van der Waals surface area (Å²) in [6.45, 7) is 4.65. The van der Waals surface area contributed by atoms with Gasteiger partial charge in [-0.15, -0.1) is 0 Å². The molecule has 2 amide bonds. The van der Waals surface area contributed by atoms with Crippen molar-refractivity contribution in [1.29, 1.82) is 5.26 Å². The van der Waals surface area contributed by atoms with Gasteiger partial charge in [0.1, 0.15) is 17.5 Å². The Bertz CT molecular complexity index is 805. The van der Waals surface area contributed by atoms with E-state index < -0.39 is 35.1 Å². The second kappa shape index (κ2) is 7.33. The molecule has 0 unspecified atom stereocenters. The number of nitriles is 1. The molecule has 2 atom stereocenters. The first-order valence-electron chi connectivity index (χ1n) is 8.23. The van der Waals surface area contributed by atoms with Gasteiger partial charge in [0.15, 0.2) is 5.60 Å². The molecule has 1 fully saturated rings. The van der Waals surface area contributed by atoms with Crippen molar-refractivity contribution in [2.24, 2.45) is 0 Å². The third-order valence-corrected chi connectivity index (χ3v) is 4.37. The van der Waals surface area contributed by atoms with E-state index in [1.54, 1.807) is 26.8 Å². The smallest absolute Gasteiger partial charge is 0.411 e. The number of amides is 2. The Balaban J connectivity index is 2.30. The van der Waals surface area contributed by atoms with Gasteiger partial charge in [-0.1, -0.05) is 11.6 Å². The van der Waals surface area contributed by atoms with E-state index in [4.69, 9.17) is 16.3 Å². The zero-order chi connectivity index (χ0) is 20.6. The summed E-state index contributed by atoms with van der Waals surface area (Å²) in [6, 6.07) is 4.38. The number of rotatable bonds is 2. The van der Waals surface area contributed by atoms with E-state index in [0.717, 1.165) is 11.0 Å². The van der Waals surface area contributed by atoms with Gasteiger partial charge in [-0.25, -0.2) is 9.18 Å². The average molecular weight is 398 g/mol. The molecule has 0 bridgehead atoms. The zero-order valence-corrected chi connectivity index (χ0v) is 16.2. The molecule has 0 radical (unpaired) electrons. The van der Waals surface area contributed by atoms with Gasteiger partial charge in [-0.05, 0) is 39.0 Å². The van der Waals surface area contributed by atoms with Crippen molar-refractivity contribution in [3.63, 3.8) is 0 Å². The van der Waals surface area contributed by atoms with Crippen LogP contribution in [0.2, 0.25) is 5.02 Å². The number of aliphatic hydroxyl groups is 1. The number of carbonyl (C=O) groups is 2. The fraction of sp³-hybridized carbons (Fsp3) is 0.500. The average Bonchev–Trinajstić information content (AvgIpc) is 2.93. The number of anilines is 1. The number of benzene rings is 1. The van der Waals surface area contributed by atoms with Gasteiger partial charge in [0.2, 0.25) is 5.91 Å². The Hall–Kier alpha value is -2.37. The molecule has 0 aliphatic carbocycles. The van der Waals surface area contributed by atoms with Crippen LogP contribution in [-0.2, 0) is 9.53 Å². The van der Waals surface area contributed by atoms with Gasteiger partial charge in [-0.2, -0.15) is 5.26 Å². The predicted molar refractivity (Wildman–Crippen MR) is 96.7 cm³/mol. The van der Waals surface area contributed by atoms with Crippen LogP contribution in [0.1, 0.15) is 27.2 Å². The fourth-order valence-corrected chi connectivity index (χ4v) is 2.92. The highest BCUT2D eigenvalue weighted by molar-refractivity contribution is 6.31. The lowest BCUT2D eigenvalue weighted by molar-refractivity contribution is -0.122. The van der Waals surface area contributed by atoms with Gasteiger partial charge < -0.3 is 14.7 Å². The molecule has 0 aromatic heterocycles. The van der Waals surface area contributed by atoms with Crippen molar-refractivity contribution in [3.8, 4) is 6.07 Å². The van der Waals surface area contributed by atoms with Crippen molar-refractivity contribution in [3.05, 3.63) is 29.0 Å². The minimum Gasteiger partial charge on any atom is -0.444 e. The summed E-state index contributed by atoms with van der Waals surface area (Å²) in [5.41, 5.74) is -2.37. The second-order valence-electron chi connectivity index (χ2n) is 7.47. The van der Waals surface area contributed by atoms with E-state index in [1.165, 1.54) is 24.1 Å². The van der Waals surface area contributed by atoms with Crippen molar-refractivity contribution >= 4 is 29.3 Å². The number of ether oxygens (including phenoxy) is 1. The monoisotopic (exact) mass is 397 g/mol. The summed E-state index contributed by atoms with van der Waals surface area (Å²) < 4.78 is 18.6. The van der Waals surface area contributed by atoms with E-state index >= 15 is 0 Å². The molecule has 0 saturated carbocycles. The Kier molecular flexibility index (Phi) is 5.68. The lowest BCUT2D eigenvalue weighted by Crippen LogP contribution is -2.48. The SMILES string of the molecule is CN(C(=O)[C@@H]1C[C@@](O)(C#N)CN1C(=O)OC(C)(C)C)c1ccc(F)c(Cl)c1. The van der Waals surface area contributed by atoms with Crippen molar-refractivity contribution in [1.82, 2.24) is 4.90 Å². The third kappa shape index (κ3) is 4.67. The predicted octanol–water partition coefficient (Wildman–Crippen LogP) is 2.71. The summed E-state index contributed by atoms with van der Waals surface area (Å²) in [5.74, 6) is -1.19. The molecule has 1 aromatic carbocycles. The Morgan fingerprint density at radius 2 is 2.11 bits per heavy atom. The highest BCUT2D eigenvalue weighted by Crippen LogP contribution is 2.31. The van der Waals surface area contributed by atoms with Crippen LogP contribution in [0.3, 0.4) is 0 Å². The highest BCUT2D eigenvalue weighted by atomic mass is 35.5. The lowest BCUT2D eigenvalue weighted by Gasteiger charge is -2.30. The molecule has 1 saturated heterocycles. The Morgan fingerprint density at radius 3 is 2.63 bits per heavy atom. The van der Waals surface area contributed by atoms with E-state index in [2.05, 4.69) is 0 Å². The third-order valence-electron chi connectivity index (χ3n) is 4.08. The Labute approximate surface area is 161 Å². The van der Waals surface area contributed by atoms with Crippen molar-refractivity contribution in [2.45, 2.75) is 44.4 Å². The molecule has 27 heavy (non-hydrogen) atoms. The first-order valence-corrected chi connectivity index (χ1v) is 8.60. The van der Waals surface area contributed by atoms with Crippen LogP contribution >= 0.6 is 11.6 Å². The lowest BCUT2D eigenvalue weighted by atomic mass is 10.0. The normalized spacial score (nSPS) is 22.3. The number of carbonyl (C=O) groups excluding carboxylic acids is 2. The highest BCUT2D eigenvalue weighted by Gasteiger charge is 2.50. The number of hydrogen-bond acceptors (Lipinski definition) is 5. The second-order valence-corrected chi connectivity index (χ2v) is 7.87. The van der Waals surface area contributed by atoms with E-state index in [9.17, 15) is 24.3 Å². The van der Waals surface area contributed by atoms with Crippen LogP contribution in [0.15, 0.2) is 18.2 Å². The summed E-state index contributed by atoms with van der Waals surface area (Å²) in [5, 5.41) is 19.4. The number of β-amino-alcohol motifs (C(OH)–C–C–N with tert-alkyl or cyclic N) is 1. The molecule has 146 valence electrons. The number of halogens is 2. The number of likely N-dealkylation sites (N-methyl/N-ethyl adjacent to an activating group) is 1. The van der Waals surface area contributed by atoms with Crippen LogP contribution < -0.4 is 4.90 Å². The number of nitrogens with zero attached hydrogens (tertiary/aromatic N) is 3. The topological polar surface area (TPSA) is 93.9 Å². The standard InChI is InChI=1S/C18H21ClFN3O4/c1-17(2,3)27-16(25)23-10-18(26,9-21)8-14(23)15(24)22(4)11-5-6-13(20)12(19)7-11/h5-7,14,26H,8,10H2,1-4H3/t14-,18+/m0/s1. The van der Waals surface area contributed by atoms with Gasteiger partial charge >= 0.3 is 6.09 Å². The maximum atomic E-state index is 13.4. The minimum atomic E-state index is -1.86. The van der Waals surface area contributed by atoms with E-state index in [-0.39, 0.29) is 18.0 Å².